The first kappa shape index (κ1) is 21.4. The molecule has 0 aliphatic rings. The third-order valence-corrected chi connectivity index (χ3v) is 4.51. The topological polar surface area (TPSA) is 69.3 Å². The van der Waals surface area contributed by atoms with E-state index in [4.69, 9.17) is 18.9 Å². The summed E-state index contributed by atoms with van der Waals surface area (Å²) in [6.45, 7) is 0.439. The van der Waals surface area contributed by atoms with Crippen LogP contribution in [0.3, 0.4) is 0 Å². The summed E-state index contributed by atoms with van der Waals surface area (Å²) >= 11 is 0. The summed E-state index contributed by atoms with van der Waals surface area (Å²) in [6, 6.07) is 11.1. The molecule has 0 spiro atoms. The van der Waals surface area contributed by atoms with Crippen LogP contribution in [0.4, 0.5) is 0 Å². The van der Waals surface area contributed by atoms with Crippen molar-refractivity contribution in [3.8, 4) is 23.0 Å². The molecule has 0 aromatic heterocycles. The molecule has 0 fully saturated rings. The van der Waals surface area contributed by atoms with Gasteiger partial charge in [-0.3, -0.25) is 4.79 Å². The minimum Gasteiger partial charge on any atom is -0.497 e. The van der Waals surface area contributed by atoms with Crippen LogP contribution < -0.4 is 24.3 Å². The van der Waals surface area contributed by atoms with Crippen molar-refractivity contribution < 1.29 is 23.7 Å². The van der Waals surface area contributed by atoms with E-state index in [2.05, 4.69) is 10.2 Å². The summed E-state index contributed by atoms with van der Waals surface area (Å²) in [5.41, 5.74) is 1.51. The van der Waals surface area contributed by atoms with E-state index in [1.165, 1.54) is 21.3 Å². The molecule has 1 amide bonds. The first-order chi connectivity index (χ1) is 13.4. The molecule has 7 heteroatoms. The zero-order valence-corrected chi connectivity index (χ0v) is 17.2. The van der Waals surface area contributed by atoms with E-state index in [0.29, 0.717) is 29.4 Å². The summed E-state index contributed by atoms with van der Waals surface area (Å²) in [7, 11) is 10.1. The lowest BCUT2D eigenvalue weighted by Crippen LogP contribution is -2.34. The molecule has 2 aromatic carbocycles. The highest BCUT2D eigenvalue weighted by Gasteiger charge is 2.19. The number of carbonyl (C=O) groups excluding carboxylic acids is 1. The van der Waals surface area contributed by atoms with E-state index >= 15 is 0 Å². The third-order valence-electron chi connectivity index (χ3n) is 4.51. The number of rotatable bonds is 9. The molecule has 0 aliphatic carbocycles. The van der Waals surface area contributed by atoms with Crippen molar-refractivity contribution >= 4 is 5.91 Å². The molecule has 2 aromatic rings. The largest absolute Gasteiger partial charge is 0.497 e. The first-order valence-electron chi connectivity index (χ1n) is 8.83. The second kappa shape index (κ2) is 9.85. The number of nitrogens with zero attached hydrogens (tertiary/aromatic N) is 1. The molecule has 0 bridgehead atoms. The molecule has 2 rings (SSSR count). The van der Waals surface area contributed by atoms with E-state index < -0.39 is 0 Å². The van der Waals surface area contributed by atoms with Gasteiger partial charge < -0.3 is 29.2 Å². The lowest BCUT2D eigenvalue weighted by molar-refractivity contribution is 0.0941. The molecular formula is C21H28N2O5. The lowest BCUT2D eigenvalue weighted by Gasteiger charge is -2.25. The number of hydrogen-bond acceptors (Lipinski definition) is 6. The summed E-state index contributed by atoms with van der Waals surface area (Å²) < 4.78 is 21.2. The normalized spacial score (nSPS) is 11.7. The molecular weight excluding hydrogens is 360 g/mol. The fourth-order valence-corrected chi connectivity index (χ4v) is 2.93. The molecule has 0 saturated carbocycles. The third kappa shape index (κ3) is 4.86. The number of ether oxygens (including phenoxy) is 4. The standard InChI is InChI=1S/C21H28N2O5/c1-23(2)17(14-7-9-16(25-3)10-8-14)13-22-21(24)15-11-18(26-4)20(28-6)19(12-15)27-5/h7-12,17H,13H2,1-6H3,(H,22,24)/t17-/m0/s1. The van der Waals surface area contributed by atoms with Crippen LogP contribution >= 0.6 is 0 Å². The maximum Gasteiger partial charge on any atom is 0.251 e. The fraction of sp³-hybridized carbons (Fsp3) is 0.381. The summed E-state index contributed by atoms with van der Waals surface area (Å²) in [5, 5.41) is 2.98. The number of hydrogen-bond donors (Lipinski definition) is 1. The number of carbonyl (C=O) groups is 1. The van der Waals surface area contributed by atoms with Crippen molar-refractivity contribution in [2.24, 2.45) is 0 Å². The van der Waals surface area contributed by atoms with Crippen LogP contribution in [0.5, 0.6) is 23.0 Å². The van der Waals surface area contributed by atoms with Gasteiger partial charge in [0.15, 0.2) is 11.5 Å². The molecule has 152 valence electrons. The van der Waals surface area contributed by atoms with Crippen LogP contribution in [0.1, 0.15) is 22.0 Å². The molecule has 7 nitrogen and oxygen atoms in total. The van der Waals surface area contributed by atoms with Crippen molar-refractivity contribution in [3.63, 3.8) is 0 Å². The van der Waals surface area contributed by atoms with Gasteiger partial charge in [0.2, 0.25) is 5.75 Å². The predicted molar refractivity (Wildman–Crippen MR) is 108 cm³/mol. The average Bonchev–Trinajstić information content (AvgIpc) is 2.72. The molecule has 0 heterocycles. The minimum absolute atomic E-state index is 0.0110. The van der Waals surface area contributed by atoms with Gasteiger partial charge in [-0.15, -0.1) is 0 Å². The Kier molecular flexibility index (Phi) is 7.52. The van der Waals surface area contributed by atoms with Gasteiger partial charge in [0, 0.05) is 12.1 Å². The Morgan fingerprint density at radius 2 is 1.50 bits per heavy atom. The van der Waals surface area contributed by atoms with Crippen LogP contribution in [0.15, 0.2) is 36.4 Å². The molecule has 0 unspecified atom stereocenters. The number of nitrogens with one attached hydrogen (secondary N) is 1. The minimum atomic E-state index is -0.223. The van der Waals surface area contributed by atoms with E-state index in [-0.39, 0.29) is 11.9 Å². The Labute approximate surface area is 166 Å². The molecule has 1 N–H and O–H groups in total. The van der Waals surface area contributed by atoms with Gasteiger partial charge in [-0.25, -0.2) is 0 Å². The van der Waals surface area contributed by atoms with Crippen molar-refractivity contribution in [2.45, 2.75) is 6.04 Å². The van der Waals surface area contributed by atoms with Crippen molar-refractivity contribution in [1.82, 2.24) is 10.2 Å². The maximum atomic E-state index is 12.7. The molecule has 28 heavy (non-hydrogen) atoms. The van der Waals surface area contributed by atoms with Gasteiger partial charge in [-0.05, 0) is 43.9 Å². The lowest BCUT2D eigenvalue weighted by atomic mass is 10.1. The Morgan fingerprint density at radius 3 is 1.93 bits per heavy atom. The number of methoxy groups -OCH3 is 4. The quantitative estimate of drug-likeness (QED) is 0.712. The fourth-order valence-electron chi connectivity index (χ4n) is 2.93. The van der Waals surface area contributed by atoms with Gasteiger partial charge in [-0.1, -0.05) is 12.1 Å². The molecule has 1 atom stereocenters. The monoisotopic (exact) mass is 388 g/mol. The molecule has 0 saturated heterocycles. The maximum absolute atomic E-state index is 12.7. The average molecular weight is 388 g/mol. The van der Waals surface area contributed by atoms with Crippen LogP contribution in [0.25, 0.3) is 0 Å². The van der Waals surface area contributed by atoms with Gasteiger partial charge in [0.25, 0.3) is 5.91 Å². The van der Waals surface area contributed by atoms with Gasteiger partial charge >= 0.3 is 0 Å². The number of amides is 1. The molecule has 0 radical (unpaired) electrons. The zero-order chi connectivity index (χ0) is 20.7. The van der Waals surface area contributed by atoms with Crippen LogP contribution in [0.2, 0.25) is 0 Å². The summed E-state index contributed by atoms with van der Waals surface area (Å²) in [4.78, 5) is 14.8. The Hall–Kier alpha value is -2.93. The Bertz CT molecular complexity index is 765. The highest BCUT2D eigenvalue weighted by Crippen LogP contribution is 2.38. The first-order valence-corrected chi connectivity index (χ1v) is 8.83. The summed E-state index contributed by atoms with van der Waals surface area (Å²) in [6.07, 6.45) is 0. The van der Waals surface area contributed by atoms with Crippen LogP contribution in [0, 0.1) is 0 Å². The van der Waals surface area contributed by atoms with E-state index in [1.54, 1.807) is 19.2 Å². The second-order valence-corrected chi connectivity index (χ2v) is 6.38. The van der Waals surface area contributed by atoms with Crippen molar-refractivity contribution in [2.75, 3.05) is 49.1 Å². The van der Waals surface area contributed by atoms with Crippen LogP contribution in [-0.4, -0.2) is 59.9 Å². The number of likely N-dealkylation sites (N-methyl/N-ethyl adjacent to an activating group) is 1. The van der Waals surface area contributed by atoms with E-state index in [9.17, 15) is 4.79 Å². The predicted octanol–water partition coefficient (Wildman–Crippen LogP) is 2.75. The Balaban J connectivity index is 2.18. The molecule has 0 aliphatic heterocycles. The van der Waals surface area contributed by atoms with E-state index in [0.717, 1.165) is 11.3 Å². The highest BCUT2D eigenvalue weighted by atomic mass is 16.5. The van der Waals surface area contributed by atoms with Gasteiger partial charge in [0.1, 0.15) is 5.75 Å². The Morgan fingerprint density at radius 1 is 0.929 bits per heavy atom. The van der Waals surface area contributed by atoms with E-state index in [1.807, 2.05) is 38.4 Å². The zero-order valence-electron chi connectivity index (χ0n) is 17.2. The smallest absolute Gasteiger partial charge is 0.251 e. The van der Waals surface area contributed by atoms with Gasteiger partial charge in [-0.2, -0.15) is 0 Å². The van der Waals surface area contributed by atoms with Gasteiger partial charge in [0.05, 0.1) is 34.5 Å². The van der Waals surface area contributed by atoms with Crippen molar-refractivity contribution in [1.29, 1.82) is 0 Å². The SMILES string of the molecule is COc1ccc([C@H](CNC(=O)c2cc(OC)c(OC)c(OC)c2)N(C)C)cc1. The van der Waals surface area contributed by atoms with Crippen LogP contribution in [-0.2, 0) is 0 Å². The number of benzene rings is 2. The van der Waals surface area contributed by atoms with Crippen molar-refractivity contribution in [3.05, 3.63) is 47.5 Å². The second-order valence-electron chi connectivity index (χ2n) is 6.38. The summed E-state index contributed by atoms with van der Waals surface area (Å²) in [5.74, 6) is 1.89. The highest BCUT2D eigenvalue weighted by molar-refractivity contribution is 5.95.